The molecule has 1 rings (SSSR count). The van der Waals surface area contributed by atoms with Gasteiger partial charge >= 0.3 is 5.97 Å². The smallest absolute Gasteiger partial charge is 0.337 e. The second-order valence-corrected chi connectivity index (χ2v) is 2.97. The molecule has 0 saturated heterocycles. The molecule has 0 unspecified atom stereocenters. The second-order valence-electron chi connectivity index (χ2n) is 2.97. The zero-order valence-corrected chi connectivity index (χ0v) is 8.23. The van der Waals surface area contributed by atoms with E-state index in [9.17, 15) is 4.79 Å². The van der Waals surface area contributed by atoms with Gasteiger partial charge in [0.2, 0.25) is 0 Å². The van der Waals surface area contributed by atoms with Crippen molar-refractivity contribution in [2.45, 2.75) is 12.8 Å². The summed E-state index contributed by atoms with van der Waals surface area (Å²) in [5.41, 5.74) is 0.184. The first-order valence-electron chi connectivity index (χ1n) is 4.60. The van der Waals surface area contributed by atoms with Gasteiger partial charge in [0, 0.05) is 19.2 Å². The number of aromatic nitrogens is 1. The third kappa shape index (κ3) is 3.69. The van der Waals surface area contributed by atoms with Crippen LogP contribution in [0.4, 0.5) is 5.82 Å². The van der Waals surface area contributed by atoms with Crippen LogP contribution in [0.1, 0.15) is 23.2 Å². The van der Waals surface area contributed by atoms with Crippen molar-refractivity contribution >= 4 is 11.8 Å². The maximum absolute atomic E-state index is 10.5. The van der Waals surface area contributed by atoms with Gasteiger partial charge in [-0.05, 0) is 18.6 Å². The number of carboxylic acids is 1. The van der Waals surface area contributed by atoms with Crippen LogP contribution >= 0.6 is 0 Å². The molecule has 78 valence electrons. The van der Waals surface area contributed by atoms with Crippen LogP contribution in [0.15, 0.2) is 18.3 Å². The van der Waals surface area contributed by atoms with Crippen LogP contribution in [0.3, 0.4) is 0 Å². The zero-order chi connectivity index (χ0) is 11.1. The lowest BCUT2D eigenvalue weighted by Gasteiger charge is -2.03. The van der Waals surface area contributed by atoms with E-state index in [-0.39, 0.29) is 5.56 Å². The number of carboxylic acid groups (broad SMARTS) is 1. The van der Waals surface area contributed by atoms with Crippen molar-refractivity contribution in [2.75, 3.05) is 11.9 Å². The van der Waals surface area contributed by atoms with Gasteiger partial charge in [0.05, 0.1) is 5.56 Å². The first kappa shape index (κ1) is 11.1. The van der Waals surface area contributed by atoms with Crippen LogP contribution in [0.25, 0.3) is 0 Å². The Kier molecular flexibility index (Phi) is 4.17. The van der Waals surface area contributed by atoms with Crippen LogP contribution in [-0.4, -0.2) is 22.6 Å². The fourth-order valence-electron chi connectivity index (χ4n) is 1.03. The van der Waals surface area contributed by atoms with Gasteiger partial charge in [-0.25, -0.2) is 9.78 Å². The van der Waals surface area contributed by atoms with Crippen LogP contribution in [0.5, 0.6) is 0 Å². The van der Waals surface area contributed by atoms with Crippen LogP contribution in [0, 0.1) is 12.3 Å². The molecule has 2 N–H and O–H groups in total. The Morgan fingerprint density at radius 3 is 2.93 bits per heavy atom. The summed E-state index contributed by atoms with van der Waals surface area (Å²) >= 11 is 0. The molecule has 0 spiro atoms. The Hall–Kier alpha value is -2.02. The number of anilines is 1. The number of nitrogens with one attached hydrogen (secondary N) is 1. The zero-order valence-electron chi connectivity index (χ0n) is 8.23. The Bertz CT molecular complexity index is 365. The highest BCUT2D eigenvalue weighted by Gasteiger charge is 2.01. The molecule has 0 fully saturated rings. The van der Waals surface area contributed by atoms with E-state index in [0.717, 1.165) is 19.4 Å². The SMILES string of the molecule is C#CCCCNc1ccc(C(=O)O)cn1. The largest absolute Gasteiger partial charge is 0.478 e. The summed E-state index contributed by atoms with van der Waals surface area (Å²) in [7, 11) is 0. The predicted octanol–water partition coefficient (Wildman–Crippen LogP) is 1.61. The minimum Gasteiger partial charge on any atom is -0.478 e. The number of pyridine rings is 1. The van der Waals surface area contributed by atoms with Crippen LogP contribution in [-0.2, 0) is 0 Å². The number of terminal acetylenes is 1. The molecule has 1 aromatic heterocycles. The number of aromatic carboxylic acids is 1. The van der Waals surface area contributed by atoms with Gasteiger partial charge in [-0.1, -0.05) is 0 Å². The molecule has 1 heterocycles. The van der Waals surface area contributed by atoms with Gasteiger partial charge in [-0.15, -0.1) is 12.3 Å². The summed E-state index contributed by atoms with van der Waals surface area (Å²) in [4.78, 5) is 14.5. The van der Waals surface area contributed by atoms with Crippen LogP contribution < -0.4 is 5.32 Å². The molecule has 0 aliphatic carbocycles. The topological polar surface area (TPSA) is 62.2 Å². The normalized spacial score (nSPS) is 9.27. The average molecular weight is 204 g/mol. The van der Waals surface area contributed by atoms with Gasteiger partial charge in [0.25, 0.3) is 0 Å². The molecule has 0 saturated carbocycles. The monoisotopic (exact) mass is 204 g/mol. The Balaban J connectivity index is 2.43. The maximum atomic E-state index is 10.5. The quantitative estimate of drug-likeness (QED) is 0.565. The lowest BCUT2D eigenvalue weighted by atomic mass is 10.3. The Labute approximate surface area is 88.3 Å². The summed E-state index contributed by atoms with van der Waals surface area (Å²) in [5, 5.41) is 11.7. The van der Waals surface area contributed by atoms with Gasteiger partial charge in [-0.3, -0.25) is 0 Å². The molecular weight excluding hydrogens is 192 g/mol. The number of unbranched alkanes of at least 4 members (excludes halogenated alkanes) is 1. The van der Waals surface area contributed by atoms with E-state index in [1.807, 2.05) is 0 Å². The predicted molar refractivity (Wildman–Crippen MR) is 57.8 cm³/mol. The van der Waals surface area contributed by atoms with Crippen LogP contribution in [0.2, 0.25) is 0 Å². The Morgan fingerprint density at radius 2 is 2.40 bits per heavy atom. The van der Waals surface area contributed by atoms with Gasteiger partial charge in [0.15, 0.2) is 0 Å². The molecule has 15 heavy (non-hydrogen) atoms. The second kappa shape index (κ2) is 5.66. The van der Waals surface area contributed by atoms with Crippen molar-refractivity contribution < 1.29 is 9.90 Å². The van der Waals surface area contributed by atoms with Gasteiger partial charge in [-0.2, -0.15) is 0 Å². The standard InChI is InChI=1S/C11H12N2O2/c1-2-3-4-7-12-10-6-5-9(8-13-10)11(14)15/h1,5-6,8H,3-4,7H2,(H,12,13)(H,14,15). The summed E-state index contributed by atoms with van der Waals surface area (Å²) in [6.45, 7) is 0.740. The van der Waals surface area contributed by atoms with Gasteiger partial charge < -0.3 is 10.4 Å². The van der Waals surface area contributed by atoms with E-state index >= 15 is 0 Å². The number of carbonyl (C=O) groups is 1. The van der Waals surface area contributed by atoms with E-state index in [1.165, 1.54) is 12.3 Å². The van der Waals surface area contributed by atoms with Crippen molar-refractivity contribution in [3.8, 4) is 12.3 Å². The van der Waals surface area contributed by atoms with E-state index in [0.29, 0.717) is 5.82 Å². The van der Waals surface area contributed by atoms with Crippen molar-refractivity contribution in [1.29, 1.82) is 0 Å². The molecule has 0 aromatic carbocycles. The maximum Gasteiger partial charge on any atom is 0.337 e. The molecule has 0 bridgehead atoms. The fourth-order valence-corrected chi connectivity index (χ4v) is 1.03. The number of hydrogen-bond acceptors (Lipinski definition) is 3. The minimum atomic E-state index is -0.971. The average Bonchev–Trinajstić information content (AvgIpc) is 2.25. The number of rotatable bonds is 5. The molecule has 0 radical (unpaired) electrons. The highest BCUT2D eigenvalue weighted by molar-refractivity contribution is 5.87. The number of nitrogens with zero attached hydrogens (tertiary/aromatic N) is 1. The summed E-state index contributed by atoms with van der Waals surface area (Å²) in [6.07, 6.45) is 8.02. The molecule has 4 heteroatoms. The van der Waals surface area contributed by atoms with E-state index in [1.54, 1.807) is 6.07 Å². The van der Waals surface area contributed by atoms with Gasteiger partial charge in [0.1, 0.15) is 5.82 Å². The van der Waals surface area contributed by atoms with E-state index in [4.69, 9.17) is 11.5 Å². The van der Waals surface area contributed by atoms with Crippen molar-refractivity contribution in [1.82, 2.24) is 4.98 Å². The summed E-state index contributed by atoms with van der Waals surface area (Å²) < 4.78 is 0. The minimum absolute atomic E-state index is 0.184. The third-order valence-electron chi connectivity index (χ3n) is 1.81. The van der Waals surface area contributed by atoms with Crippen molar-refractivity contribution in [3.05, 3.63) is 23.9 Å². The van der Waals surface area contributed by atoms with Crippen molar-refractivity contribution in [2.24, 2.45) is 0 Å². The summed E-state index contributed by atoms with van der Waals surface area (Å²) in [6, 6.07) is 3.15. The molecule has 0 amide bonds. The summed E-state index contributed by atoms with van der Waals surface area (Å²) in [5.74, 6) is 2.23. The lowest BCUT2D eigenvalue weighted by molar-refractivity contribution is 0.0696. The van der Waals surface area contributed by atoms with E-state index in [2.05, 4.69) is 16.2 Å². The van der Waals surface area contributed by atoms with E-state index < -0.39 is 5.97 Å². The molecule has 0 atom stereocenters. The number of hydrogen-bond donors (Lipinski definition) is 2. The molecule has 0 aliphatic rings. The highest BCUT2D eigenvalue weighted by Crippen LogP contribution is 2.05. The van der Waals surface area contributed by atoms with Crippen molar-refractivity contribution in [3.63, 3.8) is 0 Å². The Morgan fingerprint density at radius 1 is 1.60 bits per heavy atom. The molecule has 1 aromatic rings. The highest BCUT2D eigenvalue weighted by atomic mass is 16.4. The first-order valence-corrected chi connectivity index (χ1v) is 4.60. The molecular formula is C11H12N2O2. The molecule has 0 aliphatic heterocycles. The lowest BCUT2D eigenvalue weighted by Crippen LogP contribution is -2.04. The fraction of sp³-hybridized carbons (Fsp3) is 0.273. The third-order valence-corrected chi connectivity index (χ3v) is 1.81. The first-order chi connectivity index (χ1) is 7.24. The molecule has 4 nitrogen and oxygen atoms in total.